The Morgan fingerprint density at radius 3 is 2.81 bits per heavy atom. The Morgan fingerprint density at radius 2 is 2.07 bits per heavy atom. The maximum atomic E-state index is 14.6. The van der Waals surface area contributed by atoms with E-state index < -0.39 is 15.7 Å². The Balaban J connectivity index is 1.65. The number of fused-ring (bicyclic) bond motifs is 1. The van der Waals surface area contributed by atoms with E-state index in [9.17, 15) is 12.8 Å². The molecule has 1 saturated heterocycles. The lowest BCUT2D eigenvalue weighted by Gasteiger charge is -2.27. The molecule has 0 aromatic heterocycles. The SMILES string of the molecule is O=S1(=O)C[C@@H]2N=C(SCc3cccc(Cl)c3)N(c3ccc(Br)cc3F)[C@@H]2C1. The van der Waals surface area contributed by atoms with Crippen molar-refractivity contribution in [2.75, 3.05) is 16.4 Å². The van der Waals surface area contributed by atoms with Gasteiger partial charge in [-0.05, 0) is 35.9 Å². The van der Waals surface area contributed by atoms with Crippen LogP contribution in [0.25, 0.3) is 0 Å². The summed E-state index contributed by atoms with van der Waals surface area (Å²) in [4.78, 5) is 6.36. The first-order valence-electron chi connectivity index (χ1n) is 8.22. The number of hydrogen-bond acceptors (Lipinski definition) is 5. The van der Waals surface area contributed by atoms with Crippen LogP contribution in [0.4, 0.5) is 10.1 Å². The highest BCUT2D eigenvalue weighted by atomic mass is 79.9. The summed E-state index contributed by atoms with van der Waals surface area (Å²) in [6.45, 7) is 0. The highest BCUT2D eigenvalue weighted by Crippen LogP contribution is 2.37. The number of anilines is 1. The number of rotatable bonds is 3. The number of benzene rings is 2. The molecule has 1 fully saturated rings. The first kappa shape index (κ1) is 19.2. The van der Waals surface area contributed by atoms with Crippen LogP contribution in [0.2, 0.25) is 5.02 Å². The van der Waals surface area contributed by atoms with Crippen molar-refractivity contribution in [1.29, 1.82) is 0 Å². The summed E-state index contributed by atoms with van der Waals surface area (Å²) >= 11 is 10.8. The zero-order valence-corrected chi connectivity index (χ0v) is 18.0. The summed E-state index contributed by atoms with van der Waals surface area (Å²) < 4.78 is 39.4. The third kappa shape index (κ3) is 4.04. The number of hydrogen-bond donors (Lipinski definition) is 0. The third-order valence-corrected chi connectivity index (χ3v) is 8.00. The van der Waals surface area contributed by atoms with Crippen molar-refractivity contribution in [3.63, 3.8) is 0 Å². The Hall–Kier alpha value is -1.09. The average Bonchev–Trinajstić information content (AvgIpc) is 3.05. The van der Waals surface area contributed by atoms with Gasteiger partial charge in [0.1, 0.15) is 5.82 Å². The molecule has 2 aliphatic heterocycles. The van der Waals surface area contributed by atoms with Crippen LogP contribution in [0.1, 0.15) is 5.56 Å². The second-order valence-electron chi connectivity index (χ2n) is 6.51. The van der Waals surface area contributed by atoms with E-state index >= 15 is 0 Å². The molecule has 142 valence electrons. The Labute approximate surface area is 174 Å². The topological polar surface area (TPSA) is 49.7 Å². The fraction of sp³-hybridized carbons (Fsp3) is 0.278. The van der Waals surface area contributed by atoms with Gasteiger partial charge in [0.25, 0.3) is 0 Å². The number of aliphatic imine (C=N–C) groups is 1. The average molecular weight is 490 g/mol. The fourth-order valence-electron chi connectivity index (χ4n) is 3.37. The van der Waals surface area contributed by atoms with Crippen LogP contribution in [0, 0.1) is 5.82 Å². The third-order valence-electron chi connectivity index (χ3n) is 4.53. The van der Waals surface area contributed by atoms with Crippen molar-refractivity contribution in [1.82, 2.24) is 0 Å². The van der Waals surface area contributed by atoms with Crippen LogP contribution in [0.3, 0.4) is 0 Å². The van der Waals surface area contributed by atoms with E-state index in [0.717, 1.165) is 5.56 Å². The number of sulfone groups is 1. The van der Waals surface area contributed by atoms with Gasteiger partial charge in [-0.2, -0.15) is 0 Å². The van der Waals surface area contributed by atoms with E-state index in [1.165, 1.54) is 17.8 Å². The van der Waals surface area contributed by atoms with Crippen molar-refractivity contribution in [2.45, 2.75) is 17.8 Å². The van der Waals surface area contributed by atoms with Crippen LogP contribution < -0.4 is 4.90 Å². The van der Waals surface area contributed by atoms with Gasteiger partial charge >= 0.3 is 0 Å². The van der Waals surface area contributed by atoms with Crippen LogP contribution in [-0.4, -0.2) is 37.2 Å². The molecule has 0 aliphatic carbocycles. The van der Waals surface area contributed by atoms with Gasteiger partial charge in [-0.1, -0.05) is 51.4 Å². The highest BCUT2D eigenvalue weighted by Gasteiger charge is 2.47. The molecule has 0 radical (unpaired) electrons. The van der Waals surface area contributed by atoms with Crippen LogP contribution in [0.5, 0.6) is 0 Å². The Morgan fingerprint density at radius 1 is 1.26 bits per heavy atom. The number of thioether (sulfide) groups is 1. The van der Waals surface area contributed by atoms with Gasteiger partial charge in [0, 0.05) is 15.2 Å². The van der Waals surface area contributed by atoms with Crippen molar-refractivity contribution in [3.05, 3.63) is 63.3 Å². The van der Waals surface area contributed by atoms with Gasteiger partial charge in [-0.15, -0.1) is 0 Å². The van der Waals surface area contributed by atoms with Gasteiger partial charge in [-0.25, -0.2) is 12.8 Å². The minimum atomic E-state index is -3.17. The quantitative estimate of drug-likeness (QED) is 0.636. The second kappa shape index (κ2) is 7.39. The first-order valence-corrected chi connectivity index (χ1v) is 12.2. The summed E-state index contributed by atoms with van der Waals surface area (Å²) in [6.07, 6.45) is 0. The molecular weight excluding hydrogens is 475 g/mol. The van der Waals surface area contributed by atoms with E-state index in [0.29, 0.717) is 26.1 Å². The summed E-state index contributed by atoms with van der Waals surface area (Å²) in [6, 6.07) is 11.6. The summed E-state index contributed by atoms with van der Waals surface area (Å²) in [7, 11) is -3.17. The number of amidine groups is 1. The first-order chi connectivity index (χ1) is 12.8. The number of nitrogens with zero attached hydrogens (tertiary/aromatic N) is 2. The Kier molecular flexibility index (Phi) is 5.26. The predicted octanol–water partition coefficient (Wildman–Crippen LogP) is 4.52. The van der Waals surface area contributed by atoms with Gasteiger partial charge in [0.15, 0.2) is 15.0 Å². The van der Waals surface area contributed by atoms with Gasteiger partial charge < -0.3 is 4.90 Å². The minimum Gasteiger partial charge on any atom is -0.312 e. The molecule has 2 aliphatic rings. The molecule has 0 amide bonds. The maximum Gasteiger partial charge on any atom is 0.164 e. The molecule has 2 heterocycles. The van der Waals surface area contributed by atoms with Crippen molar-refractivity contribution in [3.8, 4) is 0 Å². The monoisotopic (exact) mass is 488 g/mol. The smallest absolute Gasteiger partial charge is 0.164 e. The molecule has 2 atom stereocenters. The van der Waals surface area contributed by atoms with Crippen LogP contribution in [0.15, 0.2) is 51.9 Å². The molecule has 2 aromatic rings. The van der Waals surface area contributed by atoms with Crippen LogP contribution >= 0.6 is 39.3 Å². The van der Waals surface area contributed by atoms with E-state index in [-0.39, 0.29) is 23.6 Å². The van der Waals surface area contributed by atoms with Gasteiger partial charge in [0.2, 0.25) is 0 Å². The second-order valence-corrected chi connectivity index (χ2v) is 11.0. The summed E-state index contributed by atoms with van der Waals surface area (Å²) in [5, 5.41) is 1.29. The zero-order valence-electron chi connectivity index (χ0n) is 14.0. The number of halogens is 3. The molecule has 0 saturated carbocycles. The van der Waals surface area contributed by atoms with E-state index in [1.807, 2.05) is 24.3 Å². The lowest BCUT2D eigenvalue weighted by atomic mass is 10.1. The van der Waals surface area contributed by atoms with Crippen LogP contribution in [-0.2, 0) is 15.6 Å². The van der Waals surface area contributed by atoms with Gasteiger partial charge in [-0.3, -0.25) is 4.99 Å². The maximum absolute atomic E-state index is 14.6. The van der Waals surface area contributed by atoms with E-state index in [2.05, 4.69) is 20.9 Å². The molecule has 4 nitrogen and oxygen atoms in total. The highest BCUT2D eigenvalue weighted by molar-refractivity contribution is 9.10. The van der Waals surface area contributed by atoms with Crippen molar-refractivity contribution < 1.29 is 12.8 Å². The lowest BCUT2D eigenvalue weighted by Crippen LogP contribution is -2.39. The molecule has 0 unspecified atom stereocenters. The standard InChI is InChI=1S/C18H15BrClFN2O2S2/c19-12-4-5-16(14(21)7-12)23-17-10-27(24,25)9-15(17)22-18(23)26-8-11-2-1-3-13(20)6-11/h1-7,15,17H,8-10H2/t15-,17+/m0/s1. The van der Waals surface area contributed by atoms with Gasteiger partial charge in [0.05, 0.1) is 29.3 Å². The largest absolute Gasteiger partial charge is 0.312 e. The fourth-order valence-corrected chi connectivity index (χ4v) is 6.81. The summed E-state index contributed by atoms with van der Waals surface area (Å²) in [5.74, 6) is 0.191. The minimum absolute atomic E-state index is 0.00748. The molecule has 0 bridgehead atoms. The molecule has 9 heteroatoms. The molecule has 0 N–H and O–H groups in total. The lowest BCUT2D eigenvalue weighted by molar-refractivity contribution is 0.600. The normalized spacial score (nSPS) is 23.4. The van der Waals surface area contributed by atoms with E-state index in [1.54, 1.807) is 17.0 Å². The van der Waals surface area contributed by atoms with Crippen molar-refractivity contribution in [2.24, 2.45) is 4.99 Å². The predicted molar refractivity (Wildman–Crippen MR) is 113 cm³/mol. The van der Waals surface area contributed by atoms with E-state index in [4.69, 9.17) is 11.6 Å². The molecule has 4 rings (SSSR count). The van der Waals surface area contributed by atoms with Crippen molar-refractivity contribution >= 4 is 60.0 Å². The molecular formula is C18H15BrClFN2O2S2. The summed E-state index contributed by atoms with van der Waals surface area (Å²) in [5.41, 5.74) is 1.37. The molecule has 27 heavy (non-hydrogen) atoms. The zero-order chi connectivity index (χ0) is 19.2. The Bertz CT molecular complexity index is 1030. The molecule has 0 spiro atoms. The molecule has 2 aromatic carbocycles.